The van der Waals surface area contributed by atoms with Gasteiger partial charge in [0.05, 0.1) is 31.1 Å². The molecule has 0 atom stereocenters. The number of hydrogen-bond acceptors (Lipinski definition) is 7. The zero-order chi connectivity index (χ0) is 24.5. The Kier molecular flexibility index (Phi) is 8.42. The Morgan fingerprint density at radius 1 is 1.11 bits per heavy atom. The Hall–Kier alpha value is -3.76. The monoisotopic (exact) mass is 470 g/mol. The fourth-order valence-corrected chi connectivity index (χ4v) is 4.03. The summed E-state index contributed by atoms with van der Waals surface area (Å²) in [7, 11) is 0. The zero-order valence-corrected chi connectivity index (χ0v) is 20.1. The van der Waals surface area contributed by atoms with Gasteiger partial charge in [-0.25, -0.2) is 9.97 Å². The van der Waals surface area contributed by atoms with E-state index >= 15 is 0 Å². The van der Waals surface area contributed by atoms with E-state index in [2.05, 4.69) is 40.2 Å². The molecule has 2 aromatic carbocycles. The van der Waals surface area contributed by atoms with Crippen LogP contribution in [0.25, 0.3) is 11.3 Å². The largest absolute Gasteiger partial charge is 0.492 e. The minimum atomic E-state index is 0.182. The predicted molar refractivity (Wildman–Crippen MR) is 134 cm³/mol. The van der Waals surface area contributed by atoms with Crippen LogP contribution in [0.15, 0.2) is 54.7 Å². The van der Waals surface area contributed by atoms with E-state index in [1.54, 1.807) is 19.2 Å². The third-order valence-electron chi connectivity index (χ3n) is 5.96. The van der Waals surface area contributed by atoms with E-state index in [1.165, 1.54) is 5.69 Å². The van der Waals surface area contributed by atoms with Crippen molar-refractivity contribution < 1.29 is 14.3 Å². The number of Topliss-reactive ketones (excluding diaryl/α,β-unsaturated/α-hetero) is 1. The number of nitrogens with zero attached hydrogens (tertiary/aromatic N) is 4. The van der Waals surface area contributed by atoms with Gasteiger partial charge in [-0.1, -0.05) is 12.1 Å². The first-order valence-electron chi connectivity index (χ1n) is 12.0. The highest BCUT2D eigenvalue weighted by Gasteiger charge is 2.12. The topological polar surface area (TPSA) is 88.3 Å². The molecule has 0 amide bonds. The van der Waals surface area contributed by atoms with Gasteiger partial charge < -0.3 is 19.2 Å². The van der Waals surface area contributed by atoms with Gasteiger partial charge >= 0.3 is 0 Å². The maximum absolute atomic E-state index is 11.0. The summed E-state index contributed by atoms with van der Waals surface area (Å²) in [5.41, 5.74) is 4.43. The van der Waals surface area contributed by atoms with E-state index in [0.29, 0.717) is 30.8 Å². The van der Waals surface area contributed by atoms with Crippen LogP contribution in [0.2, 0.25) is 0 Å². The Morgan fingerprint density at radius 3 is 2.66 bits per heavy atom. The number of benzene rings is 2. The number of ketones is 1. The standard InChI is InChI=1S/C28H30N4O3/c1-21(33)4-2-3-15-35-27-10-7-23(19-24(27)20-29)26-11-12-30-28(31-26)18-22-5-8-25(9-6-22)32-13-16-34-17-14-32/h5-12,19H,2-4,13-18H2,1H3. The van der Waals surface area contributed by atoms with Crippen molar-refractivity contribution in [1.82, 2.24) is 9.97 Å². The number of carbonyl (C=O) groups excluding carboxylic acids is 1. The molecule has 1 aromatic heterocycles. The molecule has 0 spiro atoms. The van der Waals surface area contributed by atoms with Crippen molar-refractivity contribution in [3.05, 3.63) is 71.7 Å². The molecule has 7 nitrogen and oxygen atoms in total. The van der Waals surface area contributed by atoms with E-state index in [0.717, 1.165) is 61.8 Å². The summed E-state index contributed by atoms with van der Waals surface area (Å²) in [5, 5.41) is 9.61. The molecule has 2 heterocycles. The SMILES string of the molecule is CC(=O)CCCCOc1ccc(-c2ccnc(Cc3ccc(N4CCOCC4)cc3)n2)cc1C#N. The Labute approximate surface area is 206 Å². The first-order chi connectivity index (χ1) is 17.1. The van der Waals surface area contributed by atoms with Gasteiger partial charge in [-0.15, -0.1) is 0 Å². The second kappa shape index (κ2) is 12.1. The van der Waals surface area contributed by atoms with Crippen LogP contribution in [0.3, 0.4) is 0 Å². The van der Waals surface area contributed by atoms with Crippen molar-refractivity contribution in [1.29, 1.82) is 5.26 Å². The van der Waals surface area contributed by atoms with Crippen molar-refractivity contribution in [2.75, 3.05) is 37.8 Å². The van der Waals surface area contributed by atoms with E-state index in [4.69, 9.17) is 14.5 Å². The van der Waals surface area contributed by atoms with Crippen molar-refractivity contribution in [3.8, 4) is 23.1 Å². The molecule has 1 aliphatic heterocycles. The van der Waals surface area contributed by atoms with E-state index < -0.39 is 0 Å². The number of rotatable bonds is 10. The predicted octanol–water partition coefficient (Wildman–Crippen LogP) is 4.58. The van der Waals surface area contributed by atoms with Crippen molar-refractivity contribution in [2.45, 2.75) is 32.6 Å². The van der Waals surface area contributed by atoms with Crippen LogP contribution in [0.1, 0.15) is 43.1 Å². The van der Waals surface area contributed by atoms with Crippen LogP contribution in [-0.4, -0.2) is 48.7 Å². The molecule has 0 bridgehead atoms. The van der Waals surface area contributed by atoms with Crippen LogP contribution in [0.5, 0.6) is 5.75 Å². The molecule has 0 N–H and O–H groups in total. The maximum atomic E-state index is 11.0. The Bertz CT molecular complexity index is 1180. The van der Waals surface area contributed by atoms with Crippen LogP contribution in [-0.2, 0) is 16.0 Å². The third-order valence-corrected chi connectivity index (χ3v) is 5.96. The molecule has 3 aromatic rings. The molecule has 1 aliphatic rings. The second-order valence-electron chi connectivity index (χ2n) is 8.63. The van der Waals surface area contributed by atoms with Gasteiger partial charge in [0.1, 0.15) is 23.4 Å². The highest BCUT2D eigenvalue weighted by Crippen LogP contribution is 2.26. The summed E-state index contributed by atoms with van der Waals surface area (Å²) in [6.07, 6.45) is 4.50. The fourth-order valence-electron chi connectivity index (χ4n) is 4.03. The number of anilines is 1. The molecule has 0 radical (unpaired) electrons. The molecule has 4 rings (SSSR count). The van der Waals surface area contributed by atoms with E-state index in [9.17, 15) is 10.1 Å². The number of carbonyl (C=O) groups is 1. The average Bonchev–Trinajstić information content (AvgIpc) is 2.89. The van der Waals surface area contributed by atoms with Gasteiger partial charge in [0.2, 0.25) is 0 Å². The molecule has 180 valence electrons. The first kappa shape index (κ1) is 24.4. The summed E-state index contributed by atoms with van der Waals surface area (Å²) in [4.78, 5) is 22.6. The van der Waals surface area contributed by atoms with E-state index in [1.807, 2.05) is 18.2 Å². The first-order valence-corrected chi connectivity index (χ1v) is 12.0. The van der Waals surface area contributed by atoms with Crippen LogP contribution in [0, 0.1) is 11.3 Å². The summed E-state index contributed by atoms with van der Waals surface area (Å²) in [5.74, 6) is 1.46. The van der Waals surface area contributed by atoms with Gasteiger partial charge in [0.15, 0.2) is 0 Å². The third kappa shape index (κ3) is 6.87. The van der Waals surface area contributed by atoms with E-state index in [-0.39, 0.29) is 5.78 Å². The number of unbranched alkanes of at least 4 members (excludes halogenated alkanes) is 1. The average molecular weight is 471 g/mol. The molecule has 35 heavy (non-hydrogen) atoms. The minimum absolute atomic E-state index is 0.182. The molecular formula is C28H30N4O3. The van der Waals surface area contributed by atoms with Gasteiger partial charge in [-0.2, -0.15) is 5.26 Å². The minimum Gasteiger partial charge on any atom is -0.492 e. The lowest BCUT2D eigenvalue weighted by molar-refractivity contribution is -0.117. The van der Waals surface area contributed by atoms with Crippen LogP contribution >= 0.6 is 0 Å². The lowest BCUT2D eigenvalue weighted by atomic mass is 10.1. The molecule has 7 heteroatoms. The highest BCUT2D eigenvalue weighted by atomic mass is 16.5. The van der Waals surface area contributed by atoms with Gasteiger partial charge in [-0.05, 0) is 61.7 Å². The van der Waals surface area contributed by atoms with Crippen molar-refractivity contribution in [3.63, 3.8) is 0 Å². The molecular weight excluding hydrogens is 440 g/mol. The molecule has 0 aliphatic carbocycles. The Balaban J connectivity index is 1.40. The zero-order valence-electron chi connectivity index (χ0n) is 20.1. The summed E-state index contributed by atoms with van der Waals surface area (Å²) >= 11 is 0. The summed E-state index contributed by atoms with van der Waals surface area (Å²) in [6.45, 7) is 5.43. The molecule has 0 unspecified atom stereocenters. The number of aromatic nitrogens is 2. The lowest BCUT2D eigenvalue weighted by Gasteiger charge is -2.28. The van der Waals surface area contributed by atoms with Gasteiger partial charge in [-0.3, -0.25) is 0 Å². The molecule has 1 saturated heterocycles. The summed E-state index contributed by atoms with van der Waals surface area (Å²) in [6, 6.07) is 18.1. The quantitative estimate of drug-likeness (QED) is 0.401. The summed E-state index contributed by atoms with van der Waals surface area (Å²) < 4.78 is 11.2. The highest BCUT2D eigenvalue weighted by molar-refractivity contribution is 5.75. The number of morpholine rings is 1. The van der Waals surface area contributed by atoms with Crippen molar-refractivity contribution in [2.24, 2.45) is 0 Å². The lowest BCUT2D eigenvalue weighted by Crippen LogP contribution is -2.36. The normalized spacial score (nSPS) is 13.3. The van der Waals surface area contributed by atoms with Crippen LogP contribution < -0.4 is 9.64 Å². The van der Waals surface area contributed by atoms with Gasteiger partial charge in [0.25, 0.3) is 0 Å². The molecule has 1 fully saturated rings. The van der Waals surface area contributed by atoms with Gasteiger partial charge in [0, 0.05) is 43.4 Å². The second-order valence-corrected chi connectivity index (χ2v) is 8.63. The number of hydrogen-bond donors (Lipinski definition) is 0. The number of nitriles is 1. The number of ether oxygens (including phenoxy) is 2. The fraction of sp³-hybridized carbons (Fsp3) is 0.357. The Morgan fingerprint density at radius 2 is 1.91 bits per heavy atom. The molecule has 0 saturated carbocycles. The smallest absolute Gasteiger partial charge is 0.137 e. The maximum Gasteiger partial charge on any atom is 0.137 e. The van der Waals surface area contributed by atoms with Crippen LogP contribution in [0.4, 0.5) is 5.69 Å². The van der Waals surface area contributed by atoms with Crippen molar-refractivity contribution >= 4 is 11.5 Å².